The molecule has 4 nitrogen and oxygen atoms in total. The number of carboxylic acid groups (broad SMARTS) is 1. The van der Waals surface area contributed by atoms with Gasteiger partial charge in [0.1, 0.15) is 0 Å². The number of carbonyl (C=O) groups excluding carboxylic acids is 1. The van der Waals surface area contributed by atoms with Gasteiger partial charge in [-0.15, -0.1) is 0 Å². The van der Waals surface area contributed by atoms with E-state index in [1.165, 1.54) is 0 Å². The number of hydrogen-bond acceptors (Lipinski definition) is 2. The van der Waals surface area contributed by atoms with E-state index in [-0.39, 0.29) is 26.6 Å². The highest BCUT2D eigenvalue weighted by Gasteiger charge is 2.62. The molecule has 1 saturated heterocycles. The first-order valence-corrected chi connectivity index (χ1v) is 10.7. The summed E-state index contributed by atoms with van der Waals surface area (Å²) in [7, 11) is 0. The second kappa shape index (κ2) is 5.58. The average Bonchev–Trinajstić information content (AvgIpc) is 2.86. The Bertz CT molecular complexity index is 581. The number of carbonyl (C=O) groups is 2. The molecule has 0 aromatic rings. The van der Waals surface area contributed by atoms with E-state index in [1.807, 2.05) is 0 Å². The third-order valence-electron chi connectivity index (χ3n) is 8.39. The number of carboxylic acids is 1. The largest absolute Gasteiger partial charge is 0.481 e. The molecule has 1 heterocycles. The predicted octanol–water partition coefficient (Wildman–Crippen LogP) is 3.62. The van der Waals surface area contributed by atoms with Crippen LogP contribution in [0.25, 0.3) is 0 Å². The van der Waals surface area contributed by atoms with Gasteiger partial charge >= 0.3 is 5.97 Å². The van der Waals surface area contributed by atoms with E-state index in [1.54, 1.807) is 0 Å². The number of fused-ring (bicyclic) bond motifs is 5. The molecule has 24 heavy (non-hydrogen) atoms. The van der Waals surface area contributed by atoms with Crippen molar-refractivity contribution in [2.75, 3.05) is 0 Å². The topological polar surface area (TPSA) is 66.4 Å². The Balaban J connectivity index is 1.64. The molecule has 4 rings (SSSR count). The first-order valence-electron chi connectivity index (χ1n) is 9.44. The van der Waals surface area contributed by atoms with Gasteiger partial charge in [0.2, 0.25) is 5.91 Å². The molecule has 3 aliphatic carbocycles. The normalized spacial score (nSPS) is 53.5. The molecule has 4 aliphatic rings. The number of piperidine rings is 1. The van der Waals surface area contributed by atoms with E-state index >= 15 is 0 Å². The fourth-order valence-electron chi connectivity index (χ4n) is 7.13. The number of rotatable bonds is 1. The van der Waals surface area contributed by atoms with E-state index in [9.17, 15) is 14.7 Å². The molecule has 5 heteroatoms. The lowest BCUT2D eigenvalue weighted by molar-refractivity contribution is -0.152. The van der Waals surface area contributed by atoms with Gasteiger partial charge in [-0.25, -0.2) is 0 Å². The summed E-state index contributed by atoms with van der Waals surface area (Å²) in [6, 6.07) is 0.318. The SMILES string of the molecule is C[C@]12CC(I)C(=O)NC1CC[C@@H]1[C@H]2CC[C@]2(C)C(C(=O)O)CC[C@@H]12. The number of halogens is 1. The molecule has 0 aromatic heterocycles. The Morgan fingerprint density at radius 3 is 2.54 bits per heavy atom. The number of nitrogens with one attached hydrogen (secondary N) is 1. The second-order valence-corrected chi connectivity index (χ2v) is 10.7. The van der Waals surface area contributed by atoms with Gasteiger partial charge in [-0.05, 0) is 73.5 Å². The molecule has 134 valence electrons. The van der Waals surface area contributed by atoms with Crippen molar-refractivity contribution in [3.05, 3.63) is 0 Å². The van der Waals surface area contributed by atoms with Crippen LogP contribution < -0.4 is 5.32 Å². The molecule has 8 atom stereocenters. The van der Waals surface area contributed by atoms with Crippen LogP contribution >= 0.6 is 22.6 Å². The smallest absolute Gasteiger partial charge is 0.307 e. The molecule has 0 aromatic carbocycles. The fraction of sp³-hybridized carbons (Fsp3) is 0.895. The minimum absolute atomic E-state index is 0.0160. The zero-order valence-corrected chi connectivity index (χ0v) is 16.7. The Morgan fingerprint density at radius 1 is 1.12 bits per heavy atom. The minimum Gasteiger partial charge on any atom is -0.481 e. The third kappa shape index (κ3) is 2.21. The molecule has 3 saturated carbocycles. The first-order chi connectivity index (χ1) is 11.3. The summed E-state index contributed by atoms with van der Waals surface area (Å²) >= 11 is 2.30. The van der Waals surface area contributed by atoms with Crippen LogP contribution in [0.2, 0.25) is 0 Å². The summed E-state index contributed by atoms with van der Waals surface area (Å²) < 4.78 is 0.0752. The maximum atomic E-state index is 12.1. The Kier molecular flexibility index (Phi) is 3.98. The van der Waals surface area contributed by atoms with Gasteiger partial charge in [0, 0.05) is 6.04 Å². The van der Waals surface area contributed by atoms with E-state index < -0.39 is 5.97 Å². The molecule has 3 unspecified atom stereocenters. The summed E-state index contributed by atoms with van der Waals surface area (Å²) in [6.45, 7) is 4.64. The Labute approximate surface area is 157 Å². The van der Waals surface area contributed by atoms with Crippen LogP contribution in [-0.4, -0.2) is 26.9 Å². The van der Waals surface area contributed by atoms with E-state index in [4.69, 9.17) is 0 Å². The summed E-state index contributed by atoms with van der Waals surface area (Å²) in [5, 5.41) is 13.0. The van der Waals surface area contributed by atoms with Crippen molar-refractivity contribution in [2.24, 2.45) is 34.5 Å². The van der Waals surface area contributed by atoms with Crippen molar-refractivity contribution < 1.29 is 14.7 Å². The summed E-state index contributed by atoms with van der Waals surface area (Å²) in [6.07, 6.45) is 7.31. The number of hydrogen-bond donors (Lipinski definition) is 2. The van der Waals surface area contributed by atoms with Crippen LogP contribution in [0.15, 0.2) is 0 Å². The number of amides is 1. The maximum absolute atomic E-state index is 12.1. The highest BCUT2D eigenvalue weighted by Crippen LogP contribution is 2.65. The summed E-state index contributed by atoms with van der Waals surface area (Å²) in [5.41, 5.74) is 0.170. The average molecular weight is 445 g/mol. The standard InChI is InChI=1S/C19H28INO3/c1-18-8-7-12-10(11(18)4-5-13(18)17(23)24)3-6-15-19(12,2)9-14(20)16(22)21-15/h10-15H,3-9H2,1-2H3,(H,21,22)(H,23,24)/t10-,11-,12+,13?,14?,15?,18-,19+/m0/s1. The van der Waals surface area contributed by atoms with Crippen molar-refractivity contribution in [1.29, 1.82) is 0 Å². The fourth-order valence-corrected chi connectivity index (χ4v) is 8.26. The molecular weight excluding hydrogens is 417 g/mol. The monoisotopic (exact) mass is 445 g/mol. The Morgan fingerprint density at radius 2 is 1.83 bits per heavy atom. The highest BCUT2D eigenvalue weighted by atomic mass is 127. The molecule has 4 fully saturated rings. The van der Waals surface area contributed by atoms with Crippen molar-refractivity contribution >= 4 is 34.5 Å². The van der Waals surface area contributed by atoms with E-state index in [2.05, 4.69) is 41.8 Å². The van der Waals surface area contributed by atoms with Gasteiger partial charge in [-0.2, -0.15) is 0 Å². The van der Waals surface area contributed by atoms with Gasteiger partial charge in [-0.3, -0.25) is 9.59 Å². The van der Waals surface area contributed by atoms with Gasteiger partial charge in [0.05, 0.1) is 9.84 Å². The summed E-state index contributed by atoms with van der Waals surface area (Å²) in [5.74, 6) is 1.31. The Hall–Kier alpha value is -0.330. The number of alkyl halides is 1. The van der Waals surface area contributed by atoms with Gasteiger partial charge < -0.3 is 10.4 Å². The van der Waals surface area contributed by atoms with Gasteiger partial charge in [-0.1, -0.05) is 36.4 Å². The first kappa shape index (κ1) is 17.1. The molecule has 1 amide bonds. The lowest BCUT2D eigenvalue weighted by Crippen LogP contribution is -2.63. The van der Waals surface area contributed by atoms with Crippen LogP contribution in [0.5, 0.6) is 0 Å². The van der Waals surface area contributed by atoms with Crippen LogP contribution in [0.4, 0.5) is 0 Å². The van der Waals surface area contributed by atoms with Crippen LogP contribution in [-0.2, 0) is 9.59 Å². The van der Waals surface area contributed by atoms with Crippen LogP contribution in [0, 0.1) is 34.5 Å². The lowest BCUT2D eigenvalue weighted by Gasteiger charge is -2.60. The van der Waals surface area contributed by atoms with Gasteiger partial charge in [0.15, 0.2) is 0 Å². The van der Waals surface area contributed by atoms with Crippen molar-refractivity contribution in [1.82, 2.24) is 5.32 Å². The second-order valence-electron chi connectivity index (χ2n) is 9.21. The predicted molar refractivity (Wildman–Crippen MR) is 99.9 cm³/mol. The van der Waals surface area contributed by atoms with E-state index in [0.717, 1.165) is 44.9 Å². The zero-order valence-electron chi connectivity index (χ0n) is 14.6. The molecule has 0 bridgehead atoms. The summed E-state index contributed by atoms with van der Waals surface area (Å²) in [4.78, 5) is 23.9. The van der Waals surface area contributed by atoms with Crippen molar-refractivity contribution in [3.8, 4) is 0 Å². The molecule has 1 aliphatic heterocycles. The van der Waals surface area contributed by atoms with Gasteiger partial charge in [0.25, 0.3) is 0 Å². The van der Waals surface area contributed by atoms with Crippen LogP contribution in [0.3, 0.4) is 0 Å². The van der Waals surface area contributed by atoms with Crippen LogP contribution in [0.1, 0.15) is 58.8 Å². The molecule has 2 N–H and O–H groups in total. The van der Waals surface area contributed by atoms with Crippen molar-refractivity contribution in [3.63, 3.8) is 0 Å². The lowest BCUT2D eigenvalue weighted by atomic mass is 9.47. The zero-order chi connectivity index (χ0) is 17.3. The van der Waals surface area contributed by atoms with Crippen molar-refractivity contribution in [2.45, 2.75) is 68.8 Å². The van der Waals surface area contributed by atoms with E-state index in [0.29, 0.717) is 23.8 Å². The molecule has 0 radical (unpaired) electrons. The molecular formula is C19H28INO3. The minimum atomic E-state index is -0.587. The highest BCUT2D eigenvalue weighted by molar-refractivity contribution is 14.1. The third-order valence-corrected chi connectivity index (χ3v) is 9.39. The maximum Gasteiger partial charge on any atom is 0.307 e. The quantitative estimate of drug-likeness (QED) is 0.479. The molecule has 0 spiro atoms. The number of aliphatic carboxylic acids is 1.